The maximum atomic E-state index is 14.1. The van der Waals surface area contributed by atoms with Crippen molar-refractivity contribution >= 4 is 37.3 Å². The van der Waals surface area contributed by atoms with E-state index in [4.69, 9.17) is 4.74 Å². The van der Waals surface area contributed by atoms with Gasteiger partial charge in [-0.3, -0.25) is 9.10 Å². The third kappa shape index (κ3) is 7.41. The van der Waals surface area contributed by atoms with Crippen molar-refractivity contribution in [3.8, 4) is 5.75 Å². The molecule has 0 saturated carbocycles. The predicted octanol–water partition coefficient (Wildman–Crippen LogP) is 2.71. The van der Waals surface area contributed by atoms with Crippen LogP contribution in [0.5, 0.6) is 5.75 Å². The SMILES string of the molecule is COc1ccc(S(=O)(=O)NC(C)C)cc1NC(=O)CCCN(c1ccccc1F)S(C)(=O)=O. The molecule has 33 heavy (non-hydrogen) atoms. The van der Waals surface area contributed by atoms with Gasteiger partial charge in [-0.15, -0.1) is 0 Å². The lowest BCUT2D eigenvalue weighted by Crippen LogP contribution is -2.32. The number of hydrogen-bond donors (Lipinski definition) is 2. The van der Waals surface area contributed by atoms with Gasteiger partial charge in [-0.25, -0.2) is 25.9 Å². The molecule has 182 valence electrons. The standard InChI is InChI=1S/C21H28FN3O6S2/c1-15(2)24-33(29,30)16-11-12-20(31-3)18(14-16)23-21(26)10-7-13-25(32(4,27)28)19-9-6-5-8-17(19)22/h5-6,8-9,11-12,14-15,24H,7,10,13H2,1-4H3,(H,23,26). The van der Waals surface area contributed by atoms with Crippen molar-refractivity contribution in [2.45, 2.75) is 37.6 Å². The molecular formula is C21H28FN3O6S2. The van der Waals surface area contributed by atoms with Crippen molar-refractivity contribution in [3.63, 3.8) is 0 Å². The second-order valence-corrected chi connectivity index (χ2v) is 11.2. The first-order valence-corrected chi connectivity index (χ1v) is 13.4. The summed E-state index contributed by atoms with van der Waals surface area (Å²) in [4.78, 5) is 12.4. The summed E-state index contributed by atoms with van der Waals surface area (Å²) in [6.07, 6.45) is 0.967. The van der Waals surface area contributed by atoms with Crippen molar-refractivity contribution in [2.24, 2.45) is 0 Å². The number of nitrogens with zero attached hydrogens (tertiary/aromatic N) is 1. The van der Waals surface area contributed by atoms with E-state index in [2.05, 4.69) is 10.0 Å². The molecule has 0 heterocycles. The normalized spacial score (nSPS) is 11.9. The molecule has 0 aliphatic rings. The molecule has 0 aromatic heterocycles. The number of amides is 1. The number of para-hydroxylation sites is 1. The van der Waals surface area contributed by atoms with Gasteiger partial charge in [0.2, 0.25) is 26.0 Å². The highest BCUT2D eigenvalue weighted by Crippen LogP contribution is 2.28. The van der Waals surface area contributed by atoms with Crippen molar-refractivity contribution < 1.29 is 30.8 Å². The molecule has 0 atom stereocenters. The average Bonchev–Trinajstić information content (AvgIpc) is 2.70. The van der Waals surface area contributed by atoms with E-state index in [9.17, 15) is 26.0 Å². The van der Waals surface area contributed by atoms with Crippen LogP contribution in [0.2, 0.25) is 0 Å². The smallest absolute Gasteiger partial charge is 0.240 e. The third-order valence-electron chi connectivity index (χ3n) is 4.43. The summed E-state index contributed by atoms with van der Waals surface area (Å²) in [6.45, 7) is 3.26. The monoisotopic (exact) mass is 501 g/mol. The number of halogens is 1. The summed E-state index contributed by atoms with van der Waals surface area (Å²) in [5.41, 5.74) is 0.0563. The lowest BCUT2D eigenvalue weighted by Gasteiger charge is -2.22. The van der Waals surface area contributed by atoms with Crippen LogP contribution in [0.4, 0.5) is 15.8 Å². The maximum Gasteiger partial charge on any atom is 0.240 e. The number of nitrogens with one attached hydrogen (secondary N) is 2. The Morgan fingerprint density at radius 3 is 2.36 bits per heavy atom. The first kappa shape index (κ1) is 26.6. The van der Waals surface area contributed by atoms with Gasteiger partial charge in [-0.05, 0) is 50.6 Å². The van der Waals surface area contributed by atoms with Gasteiger partial charge in [0.15, 0.2) is 0 Å². The van der Waals surface area contributed by atoms with Gasteiger partial charge in [-0.2, -0.15) is 0 Å². The lowest BCUT2D eigenvalue weighted by molar-refractivity contribution is -0.116. The minimum atomic E-state index is -3.79. The van der Waals surface area contributed by atoms with Crippen LogP contribution in [0.3, 0.4) is 0 Å². The molecule has 2 aromatic carbocycles. The van der Waals surface area contributed by atoms with Gasteiger partial charge in [0.05, 0.1) is 29.6 Å². The molecule has 1 amide bonds. The van der Waals surface area contributed by atoms with Crippen LogP contribution in [0, 0.1) is 5.82 Å². The Hall–Kier alpha value is -2.70. The van der Waals surface area contributed by atoms with E-state index in [1.807, 2.05) is 0 Å². The van der Waals surface area contributed by atoms with Gasteiger partial charge >= 0.3 is 0 Å². The zero-order valence-electron chi connectivity index (χ0n) is 18.8. The molecule has 0 spiro atoms. The van der Waals surface area contributed by atoms with Gasteiger partial charge in [-0.1, -0.05) is 12.1 Å². The van der Waals surface area contributed by atoms with Crippen molar-refractivity contribution in [2.75, 3.05) is 29.5 Å². The molecule has 0 aliphatic carbocycles. The summed E-state index contributed by atoms with van der Waals surface area (Å²) in [6, 6.07) is 9.22. The Kier molecular flexibility index (Phi) is 8.81. The number of rotatable bonds is 11. The van der Waals surface area contributed by atoms with Crippen LogP contribution >= 0.6 is 0 Å². The van der Waals surface area contributed by atoms with Gasteiger partial charge in [0, 0.05) is 19.0 Å². The first-order chi connectivity index (χ1) is 15.3. The maximum absolute atomic E-state index is 14.1. The number of carbonyl (C=O) groups excluding carboxylic acids is 1. The van der Waals surface area contributed by atoms with E-state index in [-0.39, 0.29) is 47.4 Å². The van der Waals surface area contributed by atoms with E-state index in [1.165, 1.54) is 43.5 Å². The number of methoxy groups -OCH3 is 1. The quantitative estimate of drug-likeness (QED) is 0.488. The van der Waals surface area contributed by atoms with Crippen molar-refractivity contribution in [1.29, 1.82) is 0 Å². The minimum Gasteiger partial charge on any atom is -0.495 e. The van der Waals surface area contributed by atoms with Crippen LogP contribution in [0.25, 0.3) is 0 Å². The number of ether oxygens (including phenoxy) is 1. The predicted molar refractivity (Wildman–Crippen MR) is 125 cm³/mol. The van der Waals surface area contributed by atoms with Crippen molar-refractivity contribution in [3.05, 3.63) is 48.3 Å². The molecule has 2 rings (SSSR count). The fourth-order valence-electron chi connectivity index (χ4n) is 3.05. The van der Waals surface area contributed by atoms with E-state index < -0.39 is 31.8 Å². The lowest BCUT2D eigenvalue weighted by atomic mass is 10.2. The molecule has 0 bridgehead atoms. The molecule has 0 aliphatic heterocycles. The Morgan fingerprint density at radius 2 is 1.79 bits per heavy atom. The minimum absolute atomic E-state index is 0.0462. The Balaban J connectivity index is 2.12. The number of benzene rings is 2. The third-order valence-corrected chi connectivity index (χ3v) is 7.27. The van der Waals surface area contributed by atoms with Gasteiger partial charge in [0.25, 0.3) is 0 Å². The first-order valence-electron chi connectivity index (χ1n) is 10.1. The fourth-order valence-corrected chi connectivity index (χ4v) is 5.29. The molecule has 0 unspecified atom stereocenters. The molecule has 0 radical (unpaired) electrons. The fraction of sp³-hybridized carbons (Fsp3) is 0.381. The summed E-state index contributed by atoms with van der Waals surface area (Å²) >= 11 is 0. The molecule has 0 saturated heterocycles. The molecule has 2 aromatic rings. The van der Waals surface area contributed by atoms with Gasteiger partial charge < -0.3 is 10.1 Å². The number of sulfonamides is 2. The number of carbonyl (C=O) groups is 1. The second kappa shape index (κ2) is 10.9. The Labute approximate surface area is 194 Å². The molecular weight excluding hydrogens is 473 g/mol. The molecule has 2 N–H and O–H groups in total. The highest BCUT2D eigenvalue weighted by Gasteiger charge is 2.21. The van der Waals surface area contributed by atoms with Crippen LogP contribution in [0.15, 0.2) is 47.4 Å². The van der Waals surface area contributed by atoms with Gasteiger partial charge in [0.1, 0.15) is 11.6 Å². The number of hydrogen-bond acceptors (Lipinski definition) is 6. The second-order valence-electron chi connectivity index (χ2n) is 7.58. The van der Waals surface area contributed by atoms with Crippen LogP contribution in [-0.4, -0.2) is 48.7 Å². The average molecular weight is 502 g/mol. The number of anilines is 2. The van der Waals surface area contributed by atoms with Crippen LogP contribution in [0.1, 0.15) is 26.7 Å². The highest BCUT2D eigenvalue weighted by molar-refractivity contribution is 7.92. The summed E-state index contributed by atoms with van der Waals surface area (Å²) in [7, 11) is -6.18. The van der Waals surface area contributed by atoms with Crippen molar-refractivity contribution in [1.82, 2.24) is 4.72 Å². The summed E-state index contributed by atoms with van der Waals surface area (Å²) in [5.74, 6) is -0.914. The summed E-state index contributed by atoms with van der Waals surface area (Å²) < 4.78 is 71.7. The highest BCUT2D eigenvalue weighted by atomic mass is 32.2. The van der Waals surface area contributed by atoms with Crippen LogP contribution < -0.4 is 19.1 Å². The van der Waals surface area contributed by atoms with E-state index >= 15 is 0 Å². The van der Waals surface area contributed by atoms with E-state index in [1.54, 1.807) is 13.8 Å². The van der Waals surface area contributed by atoms with E-state index in [0.29, 0.717) is 0 Å². The topological polar surface area (TPSA) is 122 Å². The zero-order chi connectivity index (χ0) is 24.8. The molecule has 0 fully saturated rings. The summed E-state index contributed by atoms with van der Waals surface area (Å²) in [5, 5.41) is 2.59. The molecule has 9 nitrogen and oxygen atoms in total. The van der Waals surface area contributed by atoms with E-state index in [0.717, 1.165) is 16.6 Å². The molecule has 12 heteroatoms. The largest absolute Gasteiger partial charge is 0.495 e. The van der Waals surface area contributed by atoms with Crippen LogP contribution in [-0.2, 0) is 24.8 Å². The Morgan fingerprint density at radius 1 is 1.12 bits per heavy atom. The Bertz CT molecular complexity index is 1200. The zero-order valence-corrected chi connectivity index (χ0v) is 20.5.